The molecule has 0 nitrogen and oxygen atoms in total. The molecule has 0 saturated heterocycles. The molecule has 0 amide bonds. The maximum absolute atomic E-state index is 3.90. The molecule has 0 aliphatic heterocycles. The van der Waals surface area contributed by atoms with E-state index >= 15 is 0 Å². The molecule has 1 aliphatic carbocycles. The van der Waals surface area contributed by atoms with E-state index in [4.69, 9.17) is 0 Å². The van der Waals surface area contributed by atoms with Gasteiger partial charge < -0.3 is 0 Å². The van der Waals surface area contributed by atoms with Crippen LogP contribution in [0.25, 0.3) is 34.1 Å². The van der Waals surface area contributed by atoms with Gasteiger partial charge in [0.15, 0.2) is 0 Å². The van der Waals surface area contributed by atoms with Gasteiger partial charge in [0.1, 0.15) is 0 Å². The van der Waals surface area contributed by atoms with E-state index in [0.717, 1.165) is 6.42 Å². The first-order valence-electron chi connectivity index (χ1n) is 14.5. The van der Waals surface area contributed by atoms with Crippen LogP contribution in [0.4, 0.5) is 0 Å². The minimum Gasteiger partial charge on any atom is -0.0984 e. The van der Waals surface area contributed by atoms with Crippen molar-refractivity contribution in [2.24, 2.45) is 0 Å². The molecule has 5 rings (SSSR count). The van der Waals surface area contributed by atoms with Crippen LogP contribution in [-0.2, 0) is 6.42 Å². The Balaban J connectivity index is 0.000000574. The number of hydrogen-bond acceptors (Lipinski definition) is 0. The van der Waals surface area contributed by atoms with Gasteiger partial charge in [0.25, 0.3) is 0 Å². The van der Waals surface area contributed by atoms with Crippen molar-refractivity contribution in [3.63, 3.8) is 0 Å². The van der Waals surface area contributed by atoms with Crippen LogP contribution >= 0.6 is 0 Å². The molecule has 0 spiro atoms. The second kappa shape index (κ2) is 18.8. The van der Waals surface area contributed by atoms with E-state index in [2.05, 4.69) is 101 Å². The molecule has 1 aliphatic rings. The number of fused-ring (bicyclic) bond motifs is 4. The predicted molar refractivity (Wildman–Crippen MR) is 178 cm³/mol. The molecule has 204 valence electrons. The van der Waals surface area contributed by atoms with Gasteiger partial charge in [0.2, 0.25) is 0 Å². The summed E-state index contributed by atoms with van der Waals surface area (Å²) in [7, 11) is 0. The smallest absolute Gasteiger partial charge is 0.00134 e. The van der Waals surface area contributed by atoms with Crippen LogP contribution in [0.15, 0.2) is 79.9 Å². The summed E-state index contributed by atoms with van der Waals surface area (Å²) in [5.41, 5.74) is 12.1. The SMILES string of the molecule is C=Cc1c(C=C)c(C)c2ccccc2c1C.CC.CC.CC.CC.Cc1ccc2c(c1)Cc1ccccc1-2. The highest BCUT2D eigenvalue weighted by atomic mass is 14.2. The molecule has 0 N–H and O–H groups in total. The van der Waals surface area contributed by atoms with Gasteiger partial charge in [0.05, 0.1) is 0 Å². The van der Waals surface area contributed by atoms with Crippen LogP contribution < -0.4 is 0 Å². The monoisotopic (exact) mass is 508 g/mol. The van der Waals surface area contributed by atoms with Crippen molar-refractivity contribution in [1.29, 1.82) is 0 Å². The van der Waals surface area contributed by atoms with Gasteiger partial charge in [-0.05, 0) is 82.5 Å². The van der Waals surface area contributed by atoms with Gasteiger partial charge in [-0.1, -0.05) is 153 Å². The van der Waals surface area contributed by atoms with Crippen LogP contribution in [-0.4, -0.2) is 0 Å². The fourth-order valence-corrected chi connectivity index (χ4v) is 4.63. The zero-order chi connectivity index (χ0) is 29.3. The van der Waals surface area contributed by atoms with Crippen LogP contribution in [0.3, 0.4) is 0 Å². The standard InChI is InChI=1S/C16H16.C14H12.4C2H6/c1-5-13-11(3)15-9-7-8-10-16(15)12(4)14(13)6-2;1-10-6-7-14-12(8-10)9-11-4-2-3-5-13(11)14;4*1-2/h5-10H,1-2H2,3-4H3;2-8H,9H2,1H3;4*1-2H3. The topological polar surface area (TPSA) is 0 Å². The maximum atomic E-state index is 3.90. The fraction of sp³-hybridized carbons (Fsp3) is 0.316. The Morgan fingerprint density at radius 2 is 0.947 bits per heavy atom. The van der Waals surface area contributed by atoms with Crippen LogP contribution in [0, 0.1) is 20.8 Å². The summed E-state index contributed by atoms with van der Waals surface area (Å²) in [5, 5.41) is 2.61. The van der Waals surface area contributed by atoms with Crippen LogP contribution in [0.5, 0.6) is 0 Å². The fourth-order valence-electron chi connectivity index (χ4n) is 4.63. The molecule has 0 heterocycles. The first-order chi connectivity index (χ1) is 18.5. The van der Waals surface area contributed by atoms with Crippen LogP contribution in [0.2, 0.25) is 0 Å². The van der Waals surface area contributed by atoms with Crippen molar-refractivity contribution in [1.82, 2.24) is 0 Å². The zero-order valence-electron chi connectivity index (χ0n) is 26.1. The normalized spacial score (nSPS) is 9.55. The Morgan fingerprint density at radius 3 is 1.42 bits per heavy atom. The third-order valence-corrected chi connectivity index (χ3v) is 6.19. The van der Waals surface area contributed by atoms with Gasteiger partial charge >= 0.3 is 0 Å². The van der Waals surface area contributed by atoms with Gasteiger partial charge in [-0.25, -0.2) is 0 Å². The van der Waals surface area contributed by atoms with E-state index in [1.165, 1.54) is 60.8 Å². The minimum absolute atomic E-state index is 1.10. The number of benzene rings is 4. The van der Waals surface area contributed by atoms with Crippen molar-refractivity contribution >= 4 is 22.9 Å². The molecule has 0 unspecified atom stereocenters. The molecule has 0 aromatic heterocycles. The lowest BCUT2D eigenvalue weighted by atomic mass is 9.90. The van der Waals surface area contributed by atoms with Crippen molar-refractivity contribution in [3.05, 3.63) is 119 Å². The van der Waals surface area contributed by atoms with Crippen LogP contribution in [0.1, 0.15) is 94.3 Å². The summed E-state index contributed by atoms with van der Waals surface area (Å²) in [5.74, 6) is 0. The first-order valence-corrected chi connectivity index (χ1v) is 14.5. The summed E-state index contributed by atoms with van der Waals surface area (Å²) in [6, 6.07) is 23.9. The Bertz CT molecular complexity index is 1220. The van der Waals surface area contributed by atoms with Crippen molar-refractivity contribution in [2.75, 3.05) is 0 Å². The lowest BCUT2D eigenvalue weighted by Crippen LogP contribution is -1.93. The highest BCUT2D eigenvalue weighted by molar-refractivity contribution is 5.95. The quantitative estimate of drug-likeness (QED) is 0.222. The van der Waals surface area contributed by atoms with E-state index in [0.29, 0.717) is 0 Å². The zero-order valence-corrected chi connectivity index (χ0v) is 26.1. The third kappa shape index (κ3) is 8.06. The Hall–Kier alpha value is -3.38. The van der Waals surface area contributed by atoms with E-state index < -0.39 is 0 Å². The van der Waals surface area contributed by atoms with Gasteiger partial charge in [-0.3, -0.25) is 0 Å². The average molecular weight is 509 g/mol. The van der Waals surface area contributed by atoms with E-state index in [-0.39, 0.29) is 0 Å². The average Bonchev–Trinajstić information content (AvgIpc) is 3.37. The third-order valence-electron chi connectivity index (χ3n) is 6.19. The summed E-state index contributed by atoms with van der Waals surface area (Å²) in [6.45, 7) is 30.2. The second-order valence-corrected chi connectivity index (χ2v) is 8.03. The van der Waals surface area contributed by atoms with Crippen molar-refractivity contribution in [3.8, 4) is 11.1 Å². The van der Waals surface area contributed by atoms with Crippen molar-refractivity contribution < 1.29 is 0 Å². The van der Waals surface area contributed by atoms with Crippen molar-refractivity contribution in [2.45, 2.75) is 82.6 Å². The molecule has 0 radical (unpaired) electrons. The van der Waals surface area contributed by atoms with Gasteiger partial charge in [-0.15, -0.1) is 0 Å². The highest BCUT2D eigenvalue weighted by Gasteiger charge is 2.16. The molecule has 0 heteroatoms. The van der Waals surface area contributed by atoms with E-state index in [1.54, 1.807) is 0 Å². The first kappa shape index (κ1) is 34.6. The summed E-state index contributed by atoms with van der Waals surface area (Å²) < 4.78 is 0. The summed E-state index contributed by atoms with van der Waals surface area (Å²) in [4.78, 5) is 0. The minimum atomic E-state index is 1.10. The Labute approximate surface area is 235 Å². The van der Waals surface area contributed by atoms with E-state index in [1.807, 2.05) is 67.5 Å². The summed E-state index contributed by atoms with van der Waals surface area (Å²) in [6.07, 6.45) is 4.95. The number of rotatable bonds is 2. The molecule has 4 aromatic rings. The molecule has 0 fully saturated rings. The highest BCUT2D eigenvalue weighted by Crippen LogP contribution is 2.36. The molecule has 0 atom stereocenters. The molecular formula is C38H52. The predicted octanol–water partition coefficient (Wildman–Crippen LogP) is 12.4. The molecular weight excluding hydrogens is 456 g/mol. The van der Waals surface area contributed by atoms with E-state index in [9.17, 15) is 0 Å². The molecule has 0 bridgehead atoms. The number of aryl methyl sites for hydroxylation is 3. The lowest BCUT2D eigenvalue weighted by molar-refractivity contribution is 1.25. The Kier molecular flexibility index (Phi) is 17.1. The summed E-state index contributed by atoms with van der Waals surface area (Å²) >= 11 is 0. The molecule has 0 saturated carbocycles. The largest absolute Gasteiger partial charge is 0.0984 e. The molecule has 4 aromatic carbocycles. The molecule has 38 heavy (non-hydrogen) atoms. The number of hydrogen-bond donors (Lipinski definition) is 0. The Morgan fingerprint density at radius 1 is 0.526 bits per heavy atom. The lowest BCUT2D eigenvalue weighted by Gasteiger charge is -2.14. The maximum Gasteiger partial charge on any atom is -0.00134 e. The van der Waals surface area contributed by atoms with Gasteiger partial charge in [0, 0.05) is 0 Å². The second-order valence-electron chi connectivity index (χ2n) is 8.03. The van der Waals surface area contributed by atoms with Gasteiger partial charge in [-0.2, -0.15) is 0 Å².